The number of anilines is 1. The van der Waals surface area contributed by atoms with Crippen molar-refractivity contribution in [3.63, 3.8) is 0 Å². The number of rotatable bonds is 6. The van der Waals surface area contributed by atoms with E-state index in [0.29, 0.717) is 30.4 Å². The van der Waals surface area contributed by atoms with Gasteiger partial charge in [-0.05, 0) is 18.2 Å². The van der Waals surface area contributed by atoms with Gasteiger partial charge in [-0.2, -0.15) is 10.1 Å². The number of hydrogen-bond acceptors (Lipinski definition) is 5. The highest BCUT2D eigenvalue weighted by Gasteiger charge is 2.31. The zero-order valence-electron chi connectivity index (χ0n) is 16.1. The molecule has 150 valence electrons. The van der Waals surface area contributed by atoms with Crippen molar-refractivity contribution in [2.24, 2.45) is 0 Å². The van der Waals surface area contributed by atoms with Gasteiger partial charge in [-0.3, -0.25) is 10.00 Å². The normalized spacial score (nSPS) is 13.8. The molecule has 3 heterocycles. The van der Waals surface area contributed by atoms with Crippen LogP contribution in [-0.4, -0.2) is 53.4 Å². The third kappa shape index (κ3) is 3.46. The van der Waals surface area contributed by atoms with E-state index < -0.39 is 5.82 Å². The number of carbonyl (C=O) groups is 1. The Kier molecular flexibility index (Phi) is 5.03. The molecule has 0 bridgehead atoms. The molecule has 0 spiro atoms. The van der Waals surface area contributed by atoms with Crippen LogP contribution in [0.5, 0.6) is 11.6 Å². The van der Waals surface area contributed by atoms with Gasteiger partial charge in [0.25, 0.3) is 0 Å². The average molecular weight is 397 g/mol. The third-order valence-corrected chi connectivity index (χ3v) is 4.84. The maximum Gasteiger partial charge on any atom is 0.326 e. The lowest BCUT2D eigenvalue weighted by Gasteiger charge is -2.19. The number of aromatic nitrogens is 3. The van der Waals surface area contributed by atoms with Crippen molar-refractivity contribution in [1.29, 1.82) is 0 Å². The number of H-pyrrole nitrogens is 1. The molecule has 1 fully saturated rings. The van der Waals surface area contributed by atoms with Crippen LogP contribution in [0.1, 0.15) is 5.56 Å². The van der Waals surface area contributed by atoms with Gasteiger partial charge in [0.15, 0.2) is 11.6 Å². The maximum atomic E-state index is 14.4. The van der Waals surface area contributed by atoms with Crippen LogP contribution >= 0.6 is 0 Å². The number of aromatic amines is 1. The topological polar surface area (TPSA) is 83.6 Å². The van der Waals surface area contributed by atoms with E-state index in [1.807, 2.05) is 6.07 Å². The summed E-state index contributed by atoms with van der Waals surface area (Å²) in [6.45, 7) is 1.07. The summed E-state index contributed by atoms with van der Waals surface area (Å²) in [7, 11) is 2.94. The van der Waals surface area contributed by atoms with Crippen molar-refractivity contribution in [1.82, 2.24) is 20.1 Å². The summed E-state index contributed by atoms with van der Waals surface area (Å²) >= 11 is 0. The second-order valence-electron chi connectivity index (χ2n) is 6.50. The molecule has 0 saturated carbocycles. The molecule has 2 amide bonds. The first-order valence-corrected chi connectivity index (χ1v) is 9.04. The molecule has 8 nitrogen and oxygen atoms in total. The molecule has 29 heavy (non-hydrogen) atoms. The molecule has 1 saturated heterocycles. The Morgan fingerprint density at radius 3 is 2.76 bits per heavy atom. The summed E-state index contributed by atoms with van der Waals surface area (Å²) in [4.78, 5) is 20.5. The minimum Gasteiger partial charge on any atom is -0.494 e. The van der Waals surface area contributed by atoms with Crippen LogP contribution in [0.4, 0.5) is 15.0 Å². The summed E-state index contributed by atoms with van der Waals surface area (Å²) < 4.78 is 24.9. The van der Waals surface area contributed by atoms with Gasteiger partial charge in [0.05, 0.1) is 27.0 Å². The molecule has 0 unspecified atom stereocenters. The lowest BCUT2D eigenvalue weighted by Crippen LogP contribution is -2.32. The lowest BCUT2D eigenvalue weighted by molar-refractivity contribution is 0.218. The zero-order chi connectivity index (χ0) is 20.4. The SMILES string of the molecule is COc1cccc(CN2CCN(c3ccc(-c4cn[nH]c4)c(OC)n3)C2=O)c1F. The first kappa shape index (κ1) is 18.7. The Labute approximate surface area is 166 Å². The number of amides is 2. The summed E-state index contributed by atoms with van der Waals surface area (Å²) in [6, 6.07) is 8.26. The largest absolute Gasteiger partial charge is 0.494 e. The Balaban J connectivity index is 1.55. The second kappa shape index (κ2) is 7.78. The zero-order valence-corrected chi connectivity index (χ0v) is 16.1. The quantitative estimate of drug-likeness (QED) is 0.691. The first-order chi connectivity index (χ1) is 14.1. The van der Waals surface area contributed by atoms with Crippen molar-refractivity contribution in [3.05, 3.63) is 54.1 Å². The van der Waals surface area contributed by atoms with E-state index in [0.717, 1.165) is 11.1 Å². The van der Waals surface area contributed by atoms with Crippen molar-refractivity contribution in [2.45, 2.75) is 6.54 Å². The van der Waals surface area contributed by atoms with Crippen LogP contribution in [0.15, 0.2) is 42.7 Å². The van der Waals surface area contributed by atoms with Crippen molar-refractivity contribution in [3.8, 4) is 22.8 Å². The van der Waals surface area contributed by atoms with Gasteiger partial charge >= 0.3 is 6.03 Å². The molecule has 9 heteroatoms. The van der Waals surface area contributed by atoms with Gasteiger partial charge in [0, 0.05) is 36.0 Å². The van der Waals surface area contributed by atoms with Gasteiger partial charge in [-0.15, -0.1) is 0 Å². The number of methoxy groups -OCH3 is 2. The van der Waals surface area contributed by atoms with Gasteiger partial charge in [0.2, 0.25) is 5.88 Å². The predicted molar refractivity (Wildman–Crippen MR) is 104 cm³/mol. The summed E-state index contributed by atoms with van der Waals surface area (Å²) in [5.41, 5.74) is 2.01. The number of pyridine rings is 1. The second-order valence-corrected chi connectivity index (χ2v) is 6.50. The van der Waals surface area contributed by atoms with Crippen molar-refractivity contribution >= 4 is 11.8 Å². The number of nitrogens with zero attached hydrogens (tertiary/aromatic N) is 4. The van der Waals surface area contributed by atoms with Gasteiger partial charge in [-0.1, -0.05) is 12.1 Å². The highest BCUT2D eigenvalue weighted by atomic mass is 19.1. The van der Waals surface area contributed by atoms with Gasteiger partial charge in [-0.25, -0.2) is 9.18 Å². The molecule has 3 aromatic rings. The molecule has 4 rings (SSSR count). The minimum atomic E-state index is -0.453. The van der Waals surface area contributed by atoms with E-state index in [1.165, 1.54) is 14.2 Å². The van der Waals surface area contributed by atoms with E-state index in [4.69, 9.17) is 9.47 Å². The first-order valence-electron chi connectivity index (χ1n) is 9.04. The summed E-state index contributed by atoms with van der Waals surface area (Å²) in [5, 5.41) is 6.69. The lowest BCUT2D eigenvalue weighted by atomic mass is 10.1. The standard InChI is InChI=1S/C20H20FN5O3/c1-28-16-5-3-4-13(18(16)21)12-25-8-9-26(20(25)27)17-7-6-15(19(24-17)29-2)14-10-22-23-11-14/h3-7,10-11H,8-9,12H2,1-2H3,(H,22,23). The molecule has 0 atom stereocenters. The van der Waals surface area contributed by atoms with Crippen LogP contribution in [0, 0.1) is 5.82 Å². The number of halogens is 1. The van der Waals surface area contributed by atoms with Crippen LogP contribution in [-0.2, 0) is 6.54 Å². The third-order valence-electron chi connectivity index (χ3n) is 4.84. The van der Waals surface area contributed by atoms with Crippen LogP contribution in [0.3, 0.4) is 0 Å². The maximum absolute atomic E-state index is 14.4. The Bertz CT molecular complexity index is 1020. The van der Waals surface area contributed by atoms with Crippen molar-refractivity contribution < 1.29 is 18.7 Å². The summed E-state index contributed by atoms with van der Waals surface area (Å²) in [6.07, 6.45) is 3.41. The molecule has 0 radical (unpaired) electrons. The molecule has 1 aliphatic rings. The average Bonchev–Trinajstić information content (AvgIpc) is 3.40. The van der Waals surface area contributed by atoms with E-state index in [1.54, 1.807) is 46.5 Å². The van der Waals surface area contributed by atoms with E-state index in [-0.39, 0.29) is 18.3 Å². The molecule has 2 aromatic heterocycles. The fraction of sp³-hybridized carbons (Fsp3) is 0.250. The number of ether oxygens (including phenoxy) is 2. The Hall–Kier alpha value is -3.62. The van der Waals surface area contributed by atoms with E-state index >= 15 is 0 Å². The molecule has 1 N–H and O–H groups in total. The van der Waals surface area contributed by atoms with Gasteiger partial charge < -0.3 is 14.4 Å². The number of nitrogens with one attached hydrogen (secondary N) is 1. The predicted octanol–water partition coefficient (Wildman–Crippen LogP) is 3.07. The van der Waals surface area contributed by atoms with Crippen LogP contribution in [0.2, 0.25) is 0 Å². The minimum absolute atomic E-state index is 0.155. The highest BCUT2D eigenvalue weighted by molar-refractivity contribution is 5.93. The summed E-state index contributed by atoms with van der Waals surface area (Å²) in [5.74, 6) is 0.583. The number of benzene rings is 1. The molecule has 1 aromatic carbocycles. The van der Waals surface area contributed by atoms with Crippen LogP contribution < -0.4 is 14.4 Å². The Morgan fingerprint density at radius 1 is 1.17 bits per heavy atom. The number of hydrogen-bond donors (Lipinski definition) is 1. The molecule has 1 aliphatic heterocycles. The highest BCUT2D eigenvalue weighted by Crippen LogP contribution is 2.31. The smallest absolute Gasteiger partial charge is 0.326 e. The van der Waals surface area contributed by atoms with E-state index in [2.05, 4.69) is 15.2 Å². The fourth-order valence-corrected chi connectivity index (χ4v) is 3.34. The number of carbonyl (C=O) groups excluding carboxylic acids is 1. The molecular formula is C20H20FN5O3. The van der Waals surface area contributed by atoms with Crippen LogP contribution in [0.25, 0.3) is 11.1 Å². The monoisotopic (exact) mass is 397 g/mol. The van der Waals surface area contributed by atoms with Crippen molar-refractivity contribution in [2.75, 3.05) is 32.2 Å². The molecular weight excluding hydrogens is 377 g/mol. The number of urea groups is 1. The fourth-order valence-electron chi connectivity index (χ4n) is 3.34. The Morgan fingerprint density at radius 2 is 2.03 bits per heavy atom. The van der Waals surface area contributed by atoms with E-state index in [9.17, 15) is 9.18 Å². The van der Waals surface area contributed by atoms with Gasteiger partial charge in [0.1, 0.15) is 5.82 Å². The molecule has 0 aliphatic carbocycles.